The van der Waals surface area contributed by atoms with E-state index in [-0.39, 0.29) is 91.8 Å². The van der Waals surface area contributed by atoms with Gasteiger partial charge < -0.3 is 76.4 Å². The lowest BCUT2D eigenvalue weighted by Crippen LogP contribution is -2.69. The van der Waals surface area contributed by atoms with Crippen molar-refractivity contribution in [2.75, 3.05) is 19.8 Å². The monoisotopic (exact) mass is 1450 g/mol. The third-order valence-electron chi connectivity index (χ3n) is 18.9. The maximum Gasteiger partial charge on any atom is 0.217 e. The van der Waals surface area contributed by atoms with Gasteiger partial charge in [-0.05, 0) is 55.6 Å². The summed E-state index contributed by atoms with van der Waals surface area (Å²) in [7, 11) is 0. The summed E-state index contributed by atoms with van der Waals surface area (Å²) in [5.41, 5.74) is 9.18. The molecule has 3 aliphatic rings. The summed E-state index contributed by atoms with van der Waals surface area (Å²) >= 11 is 0. The van der Waals surface area contributed by atoms with E-state index in [4.69, 9.17) is 71.1 Å². The van der Waals surface area contributed by atoms with Crippen LogP contribution in [0, 0.1) is 0 Å². The Morgan fingerprint density at radius 2 is 0.477 bits per heavy atom. The Balaban J connectivity index is 0.932. The molecule has 107 heavy (non-hydrogen) atoms. The van der Waals surface area contributed by atoms with E-state index in [1.54, 1.807) is 0 Å². The lowest BCUT2D eigenvalue weighted by Gasteiger charge is -2.52. The average Bonchev–Trinajstić information content (AvgIpc) is 0.760. The van der Waals surface area contributed by atoms with E-state index in [1.807, 2.05) is 303 Å². The number of hydrogen-bond acceptors (Lipinski definition) is 16. The van der Waals surface area contributed by atoms with Gasteiger partial charge in [0.1, 0.15) is 73.2 Å². The molecule has 0 aromatic heterocycles. The van der Waals surface area contributed by atoms with Crippen molar-refractivity contribution in [3.05, 3.63) is 359 Å². The molecule has 0 aliphatic carbocycles. The summed E-state index contributed by atoms with van der Waals surface area (Å²) in [4.78, 5) is 14.1. The van der Waals surface area contributed by atoms with Crippen molar-refractivity contribution in [2.45, 2.75) is 165 Å². The van der Waals surface area contributed by atoms with Gasteiger partial charge in [0.15, 0.2) is 18.9 Å². The first kappa shape index (κ1) is 76.3. The first-order chi connectivity index (χ1) is 52.9. The van der Waals surface area contributed by atoms with Gasteiger partial charge in [0.05, 0.1) is 85.9 Å². The van der Waals surface area contributed by atoms with Gasteiger partial charge >= 0.3 is 0 Å². The van der Waals surface area contributed by atoms with Gasteiger partial charge in [-0.15, -0.1) is 0 Å². The van der Waals surface area contributed by atoms with Crippen LogP contribution in [0.15, 0.2) is 303 Å². The number of rotatable bonds is 38. The fraction of sp³-hybridized carbons (Fsp3) is 0.322. The molecule has 0 spiro atoms. The lowest BCUT2D eigenvalue weighted by atomic mass is 9.94. The van der Waals surface area contributed by atoms with Crippen LogP contribution >= 0.6 is 0 Å². The molecule has 10 aromatic carbocycles. The Morgan fingerprint density at radius 3 is 0.785 bits per heavy atom. The fourth-order valence-electron chi connectivity index (χ4n) is 13.5. The van der Waals surface area contributed by atoms with E-state index in [9.17, 15) is 4.79 Å². The number of benzene rings is 10. The highest BCUT2D eigenvalue weighted by Crippen LogP contribution is 2.40. The molecule has 556 valence electrons. The Kier molecular flexibility index (Phi) is 29.1. The van der Waals surface area contributed by atoms with E-state index < -0.39 is 92.1 Å². The molecule has 17 nitrogen and oxygen atoms in total. The summed E-state index contributed by atoms with van der Waals surface area (Å²) in [5, 5.41) is 3.25. The Labute approximate surface area is 627 Å². The standard InChI is InChI=1S/C90H95NO16/c1-65(92)91-79-83(97-56-70-40-20-6-21-41-70)80(96-55-69-38-18-5-19-39-69)76(62-93-52-66-32-12-2-13-33-66)103-88(79)106-81-78(64-95-54-68-36-16-4-17-37-68)105-90(87(101-60-74-48-28-10-29-49-74)85(81)99-58-72-44-24-8-25-45-72)107-82-77(63-94-53-67-34-14-3-15-35-67)104-89(102-61-75-50-30-11-31-51-75)86(100-59-73-46-26-9-27-47-73)84(82)98-57-71-42-22-7-23-43-71/h2-51,76-90H,52-64H2,1H3,(H,91,92)/t76-,77-,78-,79-,80-,81-,82-,83-,84+,85+,86+,87+,88+,89+,90-/m1/s1. The number of amides is 1. The predicted molar refractivity (Wildman–Crippen MR) is 403 cm³/mol. The minimum atomic E-state index is -1.33. The van der Waals surface area contributed by atoms with Crippen molar-refractivity contribution in [1.82, 2.24) is 5.32 Å². The van der Waals surface area contributed by atoms with E-state index in [1.165, 1.54) is 6.92 Å². The molecular formula is C90H95NO16. The lowest BCUT2D eigenvalue weighted by molar-refractivity contribution is -0.389. The molecule has 1 N–H and O–H groups in total. The van der Waals surface area contributed by atoms with Crippen LogP contribution in [0.2, 0.25) is 0 Å². The van der Waals surface area contributed by atoms with Crippen LogP contribution in [0.1, 0.15) is 62.6 Å². The molecule has 0 unspecified atom stereocenters. The third kappa shape index (κ3) is 22.8. The zero-order valence-corrected chi connectivity index (χ0v) is 60.3. The van der Waals surface area contributed by atoms with Gasteiger partial charge in [-0.2, -0.15) is 0 Å². The number of carbonyl (C=O) groups is 1. The highest BCUT2D eigenvalue weighted by molar-refractivity contribution is 5.73. The van der Waals surface area contributed by atoms with Crippen molar-refractivity contribution in [3.63, 3.8) is 0 Å². The van der Waals surface area contributed by atoms with Crippen LogP contribution in [0.5, 0.6) is 0 Å². The average molecular weight is 1450 g/mol. The van der Waals surface area contributed by atoms with Crippen LogP contribution in [-0.2, 0) is 142 Å². The summed E-state index contributed by atoms with van der Waals surface area (Å²) in [6, 6.07) is 98.3. The Bertz CT molecular complexity index is 4100. The maximum atomic E-state index is 14.1. The molecule has 0 radical (unpaired) electrons. The van der Waals surface area contributed by atoms with Crippen LogP contribution in [-0.4, -0.2) is 118 Å². The second kappa shape index (κ2) is 40.9. The van der Waals surface area contributed by atoms with E-state index in [0.717, 1.165) is 55.6 Å². The molecule has 3 fully saturated rings. The van der Waals surface area contributed by atoms with Crippen LogP contribution < -0.4 is 5.32 Å². The molecule has 10 aromatic rings. The molecular weight excluding hydrogens is 1350 g/mol. The fourth-order valence-corrected chi connectivity index (χ4v) is 13.5. The highest BCUT2D eigenvalue weighted by Gasteiger charge is 2.57. The zero-order chi connectivity index (χ0) is 72.9. The van der Waals surface area contributed by atoms with E-state index in [0.29, 0.717) is 0 Å². The van der Waals surface area contributed by atoms with Crippen molar-refractivity contribution >= 4 is 5.91 Å². The van der Waals surface area contributed by atoms with Gasteiger partial charge in [-0.3, -0.25) is 4.79 Å². The summed E-state index contributed by atoms with van der Waals surface area (Å²) in [6.45, 7) is 3.15. The largest absolute Gasteiger partial charge is 0.374 e. The first-order valence-corrected chi connectivity index (χ1v) is 36.9. The van der Waals surface area contributed by atoms with Gasteiger partial charge in [-0.1, -0.05) is 303 Å². The predicted octanol–water partition coefficient (Wildman–Crippen LogP) is 14.8. The quantitative estimate of drug-likeness (QED) is 0.0388. The van der Waals surface area contributed by atoms with Gasteiger partial charge in [0.2, 0.25) is 5.91 Å². The molecule has 0 saturated carbocycles. The topological polar surface area (TPSA) is 168 Å². The van der Waals surface area contributed by atoms with Crippen molar-refractivity contribution in [3.8, 4) is 0 Å². The second-order valence-electron chi connectivity index (χ2n) is 26.9. The molecule has 3 aliphatic heterocycles. The number of ether oxygens (including phenoxy) is 15. The number of nitrogens with one attached hydrogen (secondary N) is 1. The van der Waals surface area contributed by atoms with Crippen molar-refractivity contribution in [2.24, 2.45) is 0 Å². The molecule has 1 amide bonds. The minimum Gasteiger partial charge on any atom is -0.374 e. The molecule has 3 saturated heterocycles. The molecule has 3 heterocycles. The number of carbonyl (C=O) groups excluding carboxylic acids is 1. The molecule has 15 atom stereocenters. The normalized spacial score (nSPS) is 24.3. The number of hydrogen-bond donors (Lipinski definition) is 1. The zero-order valence-electron chi connectivity index (χ0n) is 60.3. The Hall–Kier alpha value is -8.93. The third-order valence-corrected chi connectivity index (χ3v) is 18.9. The first-order valence-electron chi connectivity index (χ1n) is 36.9. The Morgan fingerprint density at radius 1 is 0.252 bits per heavy atom. The van der Waals surface area contributed by atoms with E-state index >= 15 is 0 Å². The molecule has 0 bridgehead atoms. The van der Waals surface area contributed by atoms with E-state index in [2.05, 4.69) is 5.32 Å². The van der Waals surface area contributed by atoms with Gasteiger partial charge in [0, 0.05) is 6.92 Å². The highest BCUT2D eigenvalue weighted by atomic mass is 16.8. The van der Waals surface area contributed by atoms with Gasteiger partial charge in [-0.25, -0.2) is 0 Å². The van der Waals surface area contributed by atoms with Crippen molar-refractivity contribution < 1.29 is 75.8 Å². The van der Waals surface area contributed by atoms with Gasteiger partial charge in [0.25, 0.3) is 0 Å². The second-order valence-corrected chi connectivity index (χ2v) is 26.9. The van der Waals surface area contributed by atoms with Crippen LogP contribution in [0.3, 0.4) is 0 Å². The molecule has 13 rings (SSSR count). The summed E-state index contributed by atoms with van der Waals surface area (Å²) in [5.74, 6) is -0.363. The SMILES string of the molecule is CC(=O)N[C@H]1[C@H](O[C@H]2[C@H](OCc3ccccc3)[C@H](OCc3ccccc3)[C@@H](O[C@H]3[C@H](OCc4ccccc4)[C@H](OCc4ccccc4)[C@@H](OCc4ccccc4)O[C@@H]3COCc3ccccc3)O[C@@H]2COCc2ccccc2)O[C@H](COCc2ccccc2)[C@@H](OCc2ccccc2)[C@@H]1OCc1ccccc1. The molecule has 17 heteroatoms. The smallest absolute Gasteiger partial charge is 0.217 e. The van der Waals surface area contributed by atoms with Crippen LogP contribution in [0.25, 0.3) is 0 Å². The van der Waals surface area contributed by atoms with Crippen LogP contribution in [0.4, 0.5) is 0 Å². The minimum absolute atomic E-state index is 0.0102. The van der Waals surface area contributed by atoms with Crippen molar-refractivity contribution in [1.29, 1.82) is 0 Å². The maximum absolute atomic E-state index is 14.1. The summed E-state index contributed by atoms with van der Waals surface area (Å²) in [6.07, 6.45) is -14.6. The summed E-state index contributed by atoms with van der Waals surface area (Å²) < 4.78 is 109.